The molecule has 6 rings (SSSR count). The summed E-state index contributed by atoms with van der Waals surface area (Å²) in [5.74, 6) is -0.435. The highest BCUT2D eigenvalue weighted by Gasteiger charge is 2.28. The molecule has 0 spiro atoms. The monoisotopic (exact) mass is 479 g/mol. The molecule has 0 aliphatic carbocycles. The lowest BCUT2D eigenvalue weighted by molar-refractivity contribution is 0.0600. The van der Waals surface area contributed by atoms with Gasteiger partial charge in [-0.3, -0.25) is 9.48 Å². The Morgan fingerprint density at radius 3 is 2.67 bits per heavy atom. The van der Waals surface area contributed by atoms with E-state index < -0.39 is 0 Å². The minimum atomic E-state index is -0.379. The Hall–Kier alpha value is -4.46. The van der Waals surface area contributed by atoms with Gasteiger partial charge in [-0.15, -0.1) is 0 Å². The van der Waals surface area contributed by atoms with Crippen LogP contribution in [0, 0.1) is 6.92 Å². The summed E-state index contributed by atoms with van der Waals surface area (Å²) < 4.78 is 6.63. The number of nitrogens with one attached hydrogen (secondary N) is 1. The number of pyridine rings is 1. The van der Waals surface area contributed by atoms with Crippen LogP contribution in [0.1, 0.15) is 37.7 Å². The average Bonchev–Trinajstić information content (AvgIpc) is 3.43. The van der Waals surface area contributed by atoms with Crippen LogP contribution in [0.5, 0.6) is 0 Å². The van der Waals surface area contributed by atoms with E-state index in [-0.39, 0.29) is 11.9 Å². The highest BCUT2D eigenvalue weighted by Crippen LogP contribution is 2.32. The molecule has 0 saturated carbocycles. The molecular formula is C28H25N5O3. The van der Waals surface area contributed by atoms with Gasteiger partial charge in [0.2, 0.25) is 0 Å². The third-order valence-corrected chi connectivity index (χ3v) is 6.95. The summed E-state index contributed by atoms with van der Waals surface area (Å²) in [5, 5.41) is 6.27. The van der Waals surface area contributed by atoms with E-state index in [1.807, 2.05) is 67.4 Å². The Labute approximate surface area is 207 Å². The van der Waals surface area contributed by atoms with Gasteiger partial charge in [0.25, 0.3) is 5.91 Å². The molecule has 8 heteroatoms. The van der Waals surface area contributed by atoms with E-state index in [2.05, 4.69) is 10.1 Å². The van der Waals surface area contributed by atoms with Gasteiger partial charge in [0.1, 0.15) is 0 Å². The van der Waals surface area contributed by atoms with E-state index >= 15 is 0 Å². The number of carbonyl (C=O) groups excluding carboxylic acids is 2. The number of aryl methyl sites for hydroxylation is 2. The molecule has 8 nitrogen and oxygen atoms in total. The molecule has 5 aromatic rings. The lowest BCUT2D eigenvalue weighted by atomic mass is 10.0. The van der Waals surface area contributed by atoms with Gasteiger partial charge >= 0.3 is 5.97 Å². The molecule has 1 N–H and O–H groups in total. The highest BCUT2D eigenvalue weighted by atomic mass is 16.5. The molecular weight excluding hydrogens is 454 g/mol. The number of carbonyl (C=O) groups is 2. The maximum absolute atomic E-state index is 14.0. The van der Waals surface area contributed by atoms with Crippen molar-refractivity contribution in [3.05, 3.63) is 82.7 Å². The summed E-state index contributed by atoms with van der Waals surface area (Å²) in [6.07, 6.45) is 0.703. The number of rotatable bonds is 3. The first-order valence-electron chi connectivity index (χ1n) is 11.9. The van der Waals surface area contributed by atoms with Crippen molar-refractivity contribution in [2.45, 2.75) is 19.9 Å². The maximum atomic E-state index is 14.0. The maximum Gasteiger partial charge on any atom is 0.337 e. The molecule has 180 valence electrons. The second-order valence-electron chi connectivity index (χ2n) is 9.14. The predicted octanol–water partition coefficient (Wildman–Crippen LogP) is 4.41. The quantitative estimate of drug-likeness (QED) is 0.387. The molecule has 36 heavy (non-hydrogen) atoms. The number of hydrogen-bond donors (Lipinski definition) is 1. The van der Waals surface area contributed by atoms with E-state index in [1.165, 1.54) is 7.11 Å². The molecule has 0 radical (unpaired) electrons. The number of aromatic amines is 1. The van der Waals surface area contributed by atoms with Crippen LogP contribution < -0.4 is 0 Å². The summed E-state index contributed by atoms with van der Waals surface area (Å²) in [4.78, 5) is 36.3. The van der Waals surface area contributed by atoms with Crippen LogP contribution in [0.25, 0.3) is 33.2 Å². The summed E-state index contributed by atoms with van der Waals surface area (Å²) in [6, 6.07) is 17.2. The smallest absolute Gasteiger partial charge is 0.337 e. The molecule has 2 aromatic carbocycles. The molecule has 0 fully saturated rings. The summed E-state index contributed by atoms with van der Waals surface area (Å²) in [7, 11) is 3.22. The Morgan fingerprint density at radius 1 is 1.08 bits per heavy atom. The van der Waals surface area contributed by atoms with Crippen LogP contribution >= 0.6 is 0 Å². The number of methoxy groups -OCH3 is 1. The third kappa shape index (κ3) is 3.45. The van der Waals surface area contributed by atoms with Crippen molar-refractivity contribution in [2.75, 3.05) is 13.7 Å². The van der Waals surface area contributed by atoms with Crippen molar-refractivity contribution in [2.24, 2.45) is 7.05 Å². The third-order valence-electron chi connectivity index (χ3n) is 6.95. The van der Waals surface area contributed by atoms with E-state index in [0.717, 1.165) is 44.5 Å². The van der Waals surface area contributed by atoms with Gasteiger partial charge < -0.3 is 14.6 Å². The number of nitrogens with zero attached hydrogens (tertiary/aromatic N) is 4. The molecule has 0 saturated heterocycles. The molecule has 0 unspecified atom stereocenters. The van der Waals surface area contributed by atoms with Crippen LogP contribution in [-0.2, 0) is 24.8 Å². The number of hydrogen-bond acceptors (Lipinski definition) is 5. The van der Waals surface area contributed by atoms with Gasteiger partial charge in [-0.2, -0.15) is 5.10 Å². The summed E-state index contributed by atoms with van der Waals surface area (Å²) in [5.41, 5.74) is 7.31. The Balaban J connectivity index is 1.43. The van der Waals surface area contributed by atoms with Gasteiger partial charge in [-0.05, 0) is 31.2 Å². The molecule has 4 heterocycles. The first-order chi connectivity index (χ1) is 17.4. The molecule has 0 atom stereocenters. The van der Waals surface area contributed by atoms with Gasteiger partial charge in [-0.1, -0.05) is 30.3 Å². The zero-order valence-electron chi connectivity index (χ0n) is 20.3. The lowest BCUT2D eigenvalue weighted by Gasteiger charge is -2.28. The molecule has 0 bridgehead atoms. The van der Waals surface area contributed by atoms with Gasteiger partial charge in [0.15, 0.2) is 5.65 Å². The predicted molar refractivity (Wildman–Crippen MR) is 137 cm³/mol. The van der Waals surface area contributed by atoms with Crippen LogP contribution in [0.3, 0.4) is 0 Å². The molecule has 1 amide bonds. The topological polar surface area (TPSA) is 93.1 Å². The van der Waals surface area contributed by atoms with Crippen LogP contribution in [0.4, 0.5) is 0 Å². The summed E-state index contributed by atoms with van der Waals surface area (Å²) >= 11 is 0. The number of H-pyrrole nitrogens is 1. The van der Waals surface area contributed by atoms with Crippen LogP contribution in [-0.4, -0.2) is 50.2 Å². The van der Waals surface area contributed by atoms with E-state index in [9.17, 15) is 9.59 Å². The fourth-order valence-electron chi connectivity index (χ4n) is 5.17. The Bertz CT molecular complexity index is 1670. The Morgan fingerprint density at radius 2 is 1.89 bits per heavy atom. The molecule has 1 aliphatic heterocycles. The van der Waals surface area contributed by atoms with E-state index in [0.29, 0.717) is 36.3 Å². The molecule has 3 aromatic heterocycles. The number of aromatic nitrogens is 4. The number of amides is 1. The van der Waals surface area contributed by atoms with Crippen molar-refractivity contribution in [1.82, 2.24) is 24.6 Å². The van der Waals surface area contributed by atoms with Crippen molar-refractivity contribution >= 4 is 33.8 Å². The van der Waals surface area contributed by atoms with Gasteiger partial charge in [0, 0.05) is 54.3 Å². The zero-order chi connectivity index (χ0) is 25.0. The van der Waals surface area contributed by atoms with Gasteiger partial charge in [-0.25, -0.2) is 9.78 Å². The second-order valence-corrected chi connectivity index (χ2v) is 9.14. The van der Waals surface area contributed by atoms with E-state index in [4.69, 9.17) is 9.72 Å². The second kappa shape index (κ2) is 8.34. The van der Waals surface area contributed by atoms with Crippen molar-refractivity contribution in [1.29, 1.82) is 0 Å². The number of esters is 1. The highest BCUT2D eigenvalue weighted by molar-refractivity contribution is 6.08. The average molecular weight is 480 g/mol. The minimum absolute atomic E-state index is 0.0557. The fourth-order valence-corrected chi connectivity index (χ4v) is 5.17. The van der Waals surface area contributed by atoms with Crippen molar-refractivity contribution in [3.8, 4) is 11.3 Å². The van der Waals surface area contributed by atoms with Crippen molar-refractivity contribution < 1.29 is 14.3 Å². The first-order valence-corrected chi connectivity index (χ1v) is 11.9. The normalized spacial score (nSPS) is 13.2. The number of benzene rings is 2. The zero-order valence-corrected chi connectivity index (χ0v) is 20.3. The van der Waals surface area contributed by atoms with Crippen LogP contribution in [0.15, 0.2) is 54.6 Å². The first kappa shape index (κ1) is 22.0. The van der Waals surface area contributed by atoms with E-state index in [1.54, 1.807) is 10.7 Å². The number of fused-ring (bicyclic) bond motifs is 4. The fraction of sp³-hybridized carbons (Fsp3) is 0.214. The summed E-state index contributed by atoms with van der Waals surface area (Å²) in [6.45, 7) is 2.94. The lowest BCUT2D eigenvalue weighted by Crippen LogP contribution is -2.36. The largest absolute Gasteiger partial charge is 0.465 e. The standard InChI is InChI=1S/C28H25N5O3/c1-16-25-20(14-24(17-7-5-4-6-8-17)30-26(25)32(2)31-16)27(34)33-12-11-23-21(15-33)19-13-18(28(35)36-3)9-10-22(19)29-23/h4-10,13-14,29H,11-12,15H2,1-3H3. The van der Waals surface area contributed by atoms with Gasteiger partial charge in [0.05, 0.1) is 35.0 Å². The molecule has 1 aliphatic rings. The minimum Gasteiger partial charge on any atom is -0.465 e. The number of ether oxygens (including phenoxy) is 1. The van der Waals surface area contributed by atoms with Crippen LogP contribution in [0.2, 0.25) is 0 Å². The SMILES string of the molecule is COC(=O)c1ccc2[nH]c3c(c2c1)CN(C(=O)c1cc(-c2ccccc2)nc2c1c(C)nn2C)CC3. The Kier molecular flexibility index (Phi) is 5.10. The van der Waals surface area contributed by atoms with Crippen molar-refractivity contribution in [3.63, 3.8) is 0 Å².